The van der Waals surface area contributed by atoms with Gasteiger partial charge in [-0.1, -0.05) is 6.07 Å². The lowest BCUT2D eigenvalue weighted by atomic mass is 10.2. The maximum absolute atomic E-state index is 12.3. The van der Waals surface area contributed by atoms with Gasteiger partial charge in [-0.2, -0.15) is 0 Å². The van der Waals surface area contributed by atoms with Gasteiger partial charge in [-0.3, -0.25) is 9.69 Å². The number of carbonyl (C=O) groups excluding carboxylic acids is 1. The molecule has 1 amide bonds. The van der Waals surface area contributed by atoms with Crippen molar-refractivity contribution in [3.63, 3.8) is 0 Å². The van der Waals surface area contributed by atoms with Gasteiger partial charge >= 0.3 is 0 Å². The van der Waals surface area contributed by atoms with E-state index in [0.29, 0.717) is 6.61 Å². The van der Waals surface area contributed by atoms with Crippen LogP contribution in [0.4, 0.5) is 0 Å². The summed E-state index contributed by atoms with van der Waals surface area (Å²) < 4.78 is 18.4. The van der Waals surface area contributed by atoms with Gasteiger partial charge in [-0.05, 0) is 43.7 Å². The van der Waals surface area contributed by atoms with Crippen molar-refractivity contribution >= 4 is 5.91 Å². The quantitative estimate of drug-likeness (QED) is 0.577. The molecule has 0 radical (unpaired) electrons. The summed E-state index contributed by atoms with van der Waals surface area (Å²) in [7, 11) is 1.65. The Morgan fingerprint density at radius 2 is 2.09 bits per heavy atom. The third-order valence-electron chi connectivity index (χ3n) is 5.56. The van der Waals surface area contributed by atoms with Gasteiger partial charge in [-0.25, -0.2) is 0 Å². The number of hydrogen-bond acceptors (Lipinski definition) is 7. The zero-order valence-corrected chi connectivity index (χ0v) is 18.7. The Morgan fingerprint density at radius 3 is 2.84 bits per heavy atom. The molecule has 3 aromatic rings. The topological polar surface area (TPSA) is 94.6 Å². The first kappa shape index (κ1) is 21.9. The molecule has 9 nitrogen and oxygen atoms in total. The van der Waals surface area contributed by atoms with Crippen LogP contribution in [0.25, 0.3) is 0 Å². The van der Waals surface area contributed by atoms with Crippen LogP contribution in [-0.4, -0.2) is 52.4 Å². The minimum Gasteiger partial charge on any atom is -0.493 e. The number of carbonyl (C=O) groups is 1. The van der Waals surface area contributed by atoms with Crippen LogP contribution in [0.1, 0.15) is 47.7 Å². The van der Waals surface area contributed by atoms with E-state index in [4.69, 9.17) is 13.9 Å². The van der Waals surface area contributed by atoms with Crippen molar-refractivity contribution in [3.05, 3.63) is 59.6 Å². The van der Waals surface area contributed by atoms with Gasteiger partial charge in [0.05, 0.1) is 26.0 Å². The molecule has 1 N–H and O–H groups in total. The summed E-state index contributed by atoms with van der Waals surface area (Å²) in [5.41, 5.74) is 1.17. The summed E-state index contributed by atoms with van der Waals surface area (Å²) in [6.07, 6.45) is 2.28. The Bertz CT molecular complexity index is 1050. The third-order valence-corrected chi connectivity index (χ3v) is 5.56. The Labute approximate surface area is 187 Å². The molecule has 170 valence electrons. The molecule has 3 heterocycles. The van der Waals surface area contributed by atoms with E-state index in [0.717, 1.165) is 55.7 Å². The number of fused-ring (bicyclic) bond motifs is 1. The molecule has 0 unspecified atom stereocenters. The average Bonchev–Trinajstić information content (AvgIpc) is 3.43. The smallest absolute Gasteiger partial charge is 0.287 e. The molecule has 1 aliphatic rings. The van der Waals surface area contributed by atoms with Crippen LogP contribution in [0.15, 0.2) is 41.0 Å². The molecule has 0 bridgehead atoms. The number of methoxy groups -OCH3 is 1. The highest BCUT2D eigenvalue weighted by Crippen LogP contribution is 2.29. The van der Waals surface area contributed by atoms with Crippen molar-refractivity contribution < 1.29 is 18.7 Å². The van der Waals surface area contributed by atoms with E-state index in [1.54, 1.807) is 19.2 Å². The predicted octanol–water partition coefficient (Wildman–Crippen LogP) is 2.83. The first-order chi connectivity index (χ1) is 15.6. The van der Waals surface area contributed by atoms with E-state index in [9.17, 15) is 4.79 Å². The number of nitrogens with one attached hydrogen (secondary N) is 1. The second kappa shape index (κ2) is 9.86. The van der Waals surface area contributed by atoms with Gasteiger partial charge in [0.2, 0.25) is 0 Å². The zero-order chi connectivity index (χ0) is 22.5. The molecule has 0 spiro atoms. The highest BCUT2D eigenvalue weighted by molar-refractivity contribution is 5.91. The Kier molecular flexibility index (Phi) is 6.75. The van der Waals surface area contributed by atoms with Gasteiger partial charge < -0.3 is 23.8 Å². The van der Waals surface area contributed by atoms with E-state index < -0.39 is 0 Å². The van der Waals surface area contributed by atoms with Gasteiger partial charge in [0.25, 0.3) is 5.91 Å². The Hall–Kier alpha value is -3.33. The minimum absolute atomic E-state index is 0.264. The van der Waals surface area contributed by atoms with Crippen LogP contribution >= 0.6 is 0 Å². The summed E-state index contributed by atoms with van der Waals surface area (Å²) in [6.45, 7) is 7.76. The minimum atomic E-state index is -0.282. The highest BCUT2D eigenvalue weighted by atomic mass is 16.5. The molecule has 0 fully saturated rings. The lowest BCUT2D eigenvalue weighted by Gasteiger charge is -2.21. The SMILES string of the molecule is CCOc1cc(CN2CCc3nnc([C@@H](C)NC(=O)c4ccco4)n3CC2)ccc1OC. The lowest BCUT2D eigenvalue weighted by molar-refractivity contribution is 0.0909. The summed E-state index contributed by atoms with van der Waals surface area (Å²) in [5, 5.41) is 11.7. The Morgan fingerprint density at radius 1 is 1.22 bits per heavy atom. The van der Waals surface area contributed by atoms with E-state index in [1.807, 2.05) is 26.0 Å². The summed E-state index contributed by atoms with van der Waals surface area (Å²) in [5.74, 6) is 3.22. The van der Waals surface area contributed by atoms with E-state index >= 15 is 0 Å². The average molecular weight is 440 g/mol. The summed E-state index contributed by atoms with van der Waals surface area (Å²) >= 11 is 0. The predicted molar refractivity (Wildman–Crippen MR) is 118 cm³/mol. The fraction of sp³-hybridized carbons (Fsp3) is 0.435. The number of ether oxygens (including phenoxy) is 2. The monoisotopic (exact) mass is 439 g/mol. The van der Waals surface area contributed by atoms with Crippen LogP contribution in [0, 0.1) is 0 Å². The van der Waals surface area contributed by atoms with E-state index in [1.165, 1.54) is 11.8 Å². The van der Waals surface area contributed by atoms with Crippen molar-refractivity contribution in [1.82, 2.24) is 25.0 Å². The van der Waals surface area contributed by atoms with Crippen LogP contribution < -0.4 is 14.8 Å². The van der Waals surface area contributed by atoms with Crippen LogP contribution in [0.5, 0.6) is 11.5 Å². The number of aromatic nitrogens is 3. The second-order valence-electron chi connectivity index (χ2n) is 7.74. The van der Waals surface area contributed by atoms with Crippen molar-refractivity contribution in [2.24, 2.45) is 0 Å². The number of furan rings is 1. The molecule has 0 saturated heterocycles. The molecular formula is C23H29N5O4. The number of amides is 1. The van der Waals surface area contributed by atoms with Crippen LogP contribution in [0.2, 0.25) is 0 Å². The van der Waals surface area contributed by atoms with E-state index in [-0.39, 0.29) is 17.7 Å². The van der Waals surface area contributed by atoms with Crippen molar-refractivity contribution in [1.29, 1.82) is 0 Å². The van der Waals surface area contributed by atoms with Crippen molar-refractivity contribution in [3.8, 4) is 11.5 Å². The third kappa shape index (κ3) is 4.77. The second-order valence-corrected chi connectivity index (χ2v) is 7.74. The molecule has 2 aromatic heterocycles. The van der Waals surface area contributed by atoms with Crippen LogP contribution in [0.3, 0.4) is 0 Å². The summed E-state index contributed by atoms with van der Waals surface area (Å²) in [6, 6.07) is 9.12. The number of hydrogen-bond donors (Lipinski definition) is 1. The molecule has 1 atom stereocenters. The van der Waals surface area contributed by atoms with Gasteiger partial charge in [0.1, 0.15) is 5.82 Å². The largest absolute Gasteiger partial charge is 0.493 e. The number of nitrogens with zero attached hydrogens (tertiary/aromatic N) is 4. The van der Waals surface area contributed by atoms with E-state index in [2.05, 4.69) is 31.0 Å². The maximum Gasteiger partial charge on any atom is 0.287 e. The first-order valence-corrected chi connectivity index (χ1v) is 10.9. The number of benzene rings is 1. The lowest BCUT2D eigenvalue weighted by Crippen LogP contribution is -2.30. The molecule has 0 saturated carbocycles. The van der Waals surface area contributed by atoms with Gasteiger partial charge in [0.15, 0.2) is 23.1 Å². The molecule has 1 aliphatic heterocycles. The fourth-order valence-electron chi connectivity index (χ4n) is 3.95. The Balaban J connectivity index is 1.41. The van der Waals surface area contributed by atoms with Crippen LogP contribution in [-0.2, 0) is 19.5 Å². The number of rotatable bonds is 8. The van der Waals surface area contributed by atoms with Crippen molar-refractivity contribution in [2.45, 2.75) is 39.4 Å². The van der Waals surface area contributed by atoms with Crippen molar-refractivity contribution in [2.75, 3.05) is 26.8 Å². The molecule has 1 aromatic carbocycles. The normalized spacial score (nSPS) is 15.0. The fourth-order valence-corrected chi connectivity index (χ4v) is 3.95. The first-order valence-electron chi connectivity index (χ1n) is 10.9. The molecular weight excluding hydrogens is 410 g/mol. The molecule has 32 heavy (non-hydrogen) atoms. The highest BCUT2D eigenvalue weighted by Gasteiger charge is 2.24. The zero-order valence-electron chi connectivity index (χ0n) is 18.7. The molecule has 9 heteroatoms. The van der Waals surface area contributed by atoms with Gasteiger partial charge in [-0.15, -0.1) is 10.2 Å². The maximum atomic E-state index is 12.3. The standard InChI is InChI=1S/C23H29N5O4/c1-4-31-20-14-17(7-8-18(20)30-3)15-27-10-9-21-25-26-22(28(21)12-11-27)16(2)24-23(29)19-6-5-13-32-19/h5-8,13-14,16H,4,9-12,15H2,1-3H3,(H,24,29)/t16-/m1/s1. The molecule has 4 rings (SSSR count). The van der Waals surface area contributed by atoms with Gasteiger partial charge in [0, 0.05) is 32.6 Å². The molecule has 0 aliphatic carbocycles. The summed E-state index contributed by atoms with van der Waals surface area (Å²) in [4.78, 5) is 14.7.